The average molecular weight is 329 g/mol. The Morgan fingerprint density at radius 1 is 0.917 bits per heavy atom. The summed E-state index contributed by atoms with van der Waals surface area (Å²) in [5.41, 5.74) is 17.7. The van der Waals surface area contributed by atoms with Crippen LogP contribution >= 0.6 is 0 Å². The summed E-state index contributed by atoms with van der Waals surface area (Å²) in [5.74, 6) is 0. The van der Waals surface area contributed by atoms with E-state index in [1.54, 1.807) is 0 Å². The number of benzene rings is 1. The van der Waals surface area contributed by atoms with Crippen molar-refractivity contribution < 1.29 is 0 Å². The molecule has 0 heterocycles. The first-order valence-electron chi connectivity index (χ1n) is 8.76. The lowest BCUT2D eigenvalue weighted by molar-refractivity contribution is 0.250. The van der Waals surface area contributed by atoms with E-state index in [2.05, 4.69) is 80.5 Å². The number of hydrogen-bond acceptors (Lipinski definition) is 2. The smallest absolute Gasteiger partial charge is 0.0343 e. The molecule has 0 radical (unpaired) electrons. The second-order valence-corrected chi connectivity index (χ2v) is 8.86. The van der Waals surface area contributed by atoms with E-state index in [1.807, 2.05) is 12.1 Å². The molecule has 0 aromatic heterocycles. The first-order valence-corrected chi connectivity index (χ1v) is 8.76. The second-order valence-electron chi connectivity index (χ2n) is 8.86. The van der Waals surface area contributed by atoms with Gasteiger partial charge in [0.1, 0.15) is 0 Å². The molecule has 0 aliphatic heterocycles. The van der Waals surface area contributed by atoms with Gasteiger partial charge in [-0.25, -0.2) is 0 Å². The first-order chi connectivity index (χ1) is 10.8. The molecule has 134 valence electrons. The molecule has 1 aromatic rings. The van der Waals surface area contributed by atoms with Crippen LogP contribution in [0, 0.1) is 10.8 Å². The highest BCUT2D eigenvalue weighted by atomic mass is 14.6. The summed E-state index contributed by atoms with van der Waals surface area (Å²) >= 11 is 0. The van der Waals surface area contributed by atoms with Gasteiger partial charge < -0.3 is 11.5 Å². The minimum Gasteiger partial charge on any atom is -0.399 e. The molecule has 0 unspecified atom stereocenters. The Balaban J connectivity index is 3.46. The average Bonchev–Trinajstić information content (AvgIpc) is 2.46. The van der Waals surface area contributed by atoms with Gasteiger partial charge >= 0.3 is 0 Å². The van der Waals surface area contributed by atoms with Crippen molar-refractivity contribution in [3.05, 3.63) is 52.7 Å². The molecule has 2 nitrogen and oxygen atoms in total. The zero-order chi connectivity index (χ0) is 18.9. The normalized spacial score (nSPS) is 15.3. The van der Waals surface area contributed by atoms with Gasteiger partial charge in [0, 0.05) is 16.8 Å². The molecule has 1 aromatic carbocycles. The summed E-state index contributed by atoms with van der Waals surface area (Å²) in [6.45, 7) is 20.0. The molecule has 0 spiro atoms. The zero-order valence-electron chi connectivity index (χ0n) is 17.0. The lowest BCUT2D eigenvalue weighted by Crippen LogP contribution is -2.40. The van der Waals surface area contributed by atoms with E-state index >= 15 is 0 Å². The van der Waals surface area contributed by atoms with Crippen molar-refractivity contribution in [1.82, 2.24) is 0 Å². The molecule has 0 amide bonds. The van der Waals surface area contributed by atoms with Crippen LogP contribution in [0.4, 0.5) is 5.69 Å². The molecule has 2 heteroatoms. The van der Waals surface area contributed by atoms with E-state index in [9.17, 15) is 0 Å². The summed E-state index contributed by atoms with van der Waals surface area (Å²) in [7, 11) is 0. The summed E-state index contributed by atoms with van der Waals surface area (Å²) in [4.78, 5) is 0. The van der Waals surface area contributed by atoms with E-state index in [4.69, 9.17) is 11.5 Å². The minimum atomic E-state index is -0.130. The number of nitrogen functional groups attached to an aromatic ring is 1. The van der Waals surface area contributed by atoms with Gasteiger partial charge in [0.2, 0.25) is 0 Å². The molecule has 0 saturated carbocycles. The van der Waals surface area contributed by atoms with Crippen molar-refractivity contribution in [3.63, 3.8) is 0 Å². The number of allylic oxidation sites excluding steroid dienone is 3. The largest absolute Gasteiger partial charge is 0.399 e. The second kappa shape index (κ2) is 6.66. The molecule has 0 atom stereocenters. The molecule has 0 aliphatic rings. The van der Waals surface area contributed by atoms with Crippen LogP contribution in [0.15, 0.2) is 47.2 Å². The fourth-order valence-electron chi connectivity index (χ4n) is 3.06. The van der Waals surface area contributed by atoms with Crippen LogP contribution in [0.2, 0.25) is 0 Å². The maximum atomic E-state index is 6.63. The van der Waals surface area contributed by atoms with E-state index in [1.165, 1.54) is 16.7 Å². The highest BCUT2D eigenvalue weighted by Gasteiger charge is 2.42. The van der Waals surface area contributed by atoms with Crippen molar-refractivity contribution in [2.75, 3.05) is 5.73 Å². The molecule has 0 bridgehead atoms. The Morgan fingerprint density at radius 3 is 1.75 bits per heavy atom. The van der Waals surface area contributed by atoms with Gasteiger partial charge in [0.25, 0.3) is 0 Å². The van der Waals surface area contributed by atoms with Crippen molar-refractivity contribution in [3.8, 4) is 0 Å². The topological polar surface area (TPSA) is 52.0 Å². The maximum Gasteiger partial charge on any atom is 0.0343 e. The Morgan fingerprint density at radius 2 is 1.38 bits per heavy atom. The summed E-state index contributed by atoms with van der Waals surface area (Å²) in [5, 5.41) is 0. The van der Waals surface area contributed by atoms with Crippen LogP contribution in [-0.4, -0.2) is 0 Å². The fraction of sp³-hybridized carbons (Fsp3) is 0.545. The zero-order valence-corrected chi connectivity index (χ0v) is 17.0. The molecule has 0 aliphatic carbocycles. The molecular formula is C22H36N2. The maximum absolute atomic E-state index is 6.63. The van der Waals surface area contributed by atoms with Gasteiger partial charge in [-0.2, -0.15) is 0 Å². The van der Waals surface area contributed by atoms with Crippen LogP contribution < -0.4 is 11.5 Å². The Labute approximate surface area is 149 Å². The lowest BCUT2D eigenvalue weighted by Gasteiger charge is -2.45. The van der Waals surface area contributed by atoms with Crippen molar-refractivity contribution in [2.45, 2.75) is 67.7 Å². The van der Waals surface area contributed by atoms with Gasteiger partial charge in [-0.15, -0.1) is 0 Å². The third-order valence-corrected chi connectivity index (χ3v) is 5.98. The number of nitrogens with two attached hydrogens (primary N) is 2. The van der Waals surface area contributed by atoms with E-state index in [0.717, 1.165) is 11.4 Å². The van der Waals surface area contributed by atoms with Gasteiger partial charge in [-0.1, -0.05) is 66.7 Å². The highest BCUT2D eigenvalue weighted by Crippen LogP contribution is 2.49. The van der Waals surface area contributed by atoms with Crippen molar-refractivity contribution in [1.29, 1.82) is 0 Å². The molecule has 4 N–H and O–H groups in total. The van der Waals surface area contributed by atoms with Crippen molar-refractivity contribution in [2.24, 2.45) is 16.6 Å². The van der Waals surface area contributed by atoms with Gasteiger partial charge in [-0.05, 0) is 53.5 Å². The Kier molecular flexibility index (Phi) is 5.65. The number of anilines is 1. The predicted octanol–water partition coefficient (Wildman–Crippen LogP) is 5.80. The van der Waals surface area contributed by atoms with Gasteiger partial charge in [-0.3, -0.25) is 0 Å². The monoisotopic (exact) mass is 328 g/mol. The lowest BCUT2D eigenvalue weighted by atomic mass is 9.59. The summed E-state index contributed by atoms with van der Waals surface area (Å²) in [6.07, 6.45) is 2.17. The summed E-state index contributed by atoms with van der Waals surface area (Å²) < 4.78 is 0. The Bertz CT molecular complexity index is 636. The quantitative estimate of drug-likeness (QED) is 0.542. The van der Waals surface area contributed by atoms with Crippen molar-refractivity contribution >= 4 is 5.69 Å². The number of hydrogen-bond donors (Lipinski definition) is 2. The molecule has 1 rings (SSSR count). The van der Waals surface area contributed by atoms with E-state index in [-0.39, 0.29) is 16.2 Å². The molecule has 24 heavy (non-hydrogen) atoms. The molecule has 0 saturated heterocycles. The van der Waals surface area contributed by atoms with Crippen LogP contribution in [0.5, 0.6) is 0 Å². The third-order valence-electron chi connectivity index (χ3n) is 5.98. The van der Waals surface area contributed by atoms with Crippen LogP contribution in [-0.2, 0) is 5.41 Å². The highest BCUT2D eigenvalue weighted by molar-refractivity contribution is 5.46. The standard InChI is InChI=1S/C22H36N2/c1-10-18(19(24)15(2)20(3,4)5)22(8,9)21(6,7)16-11-13-17(23)14-12-16/h10-14H,23-24H2,1-9H3/b18-10+,19-15-. The molecular weight excluding hydrogens is 292 g/mol. The third kappa shape index (κ3) is 3.68. The SMILES string of the molecule is C/C=C(\C(N)=C(/C)C(C)(C)C)C(C)(C)C(C)(C)c1ccc(N)cc1. The summed E-state index contributed by atoms with van der Waals surface area (Å²) in [6, 6.07) is 8.20. The predicted molar refractivity (Wildman–Crippen MR) is 108 cm³/mol. The van der Waals surface area contributed by atoms with E-state index in [0.29, 0.717) is 0 Å². The Hall–Kier alpha value is -1.70. The minimum absolute atomic E-state index is 0.0553. The van der Waals surface area contributed by atoms with Crippen LogP contribution in [0.25, 0.3) is 0 Å². The van der Waals surface area contributed by atoms with Crippen LogP contribution in [0.3, 0.4) is 0 Å². The van der Waals surface area contributed by atoms with Crippen LogP contribution in [0.1, 0.15) is 67.9 Å². The van der Waals surface area contributed by atoms with Gasteiger partial charge in [0.15, 0.2) is 0 Å². The molecule has 0 fully saturated rings. The number of rotatable bonds is 4. The fourth-order valence-corrected chi connectivity index (χ4v) is 3.06. The van der Waals surface area contributed by atoms with Gasteiger partial charge in [0.05, 0.1) is 0 Å². The van der Waals surface area contributed by atoms with E-state index < -0.39 is 0 Å². The first kappa shape index (κ1) is 20.3.